The maximum absolute atomic E-state index is 13.6. The minimum atomic E-state index is -0.117. The van der Waals surface area contributed by atoms with Gasteiger partial charge in [0, 0.05) is 24.1 Å². The molecule has 0 saturated heterocycles. The average Bonchev–Trinajstić information content (AvgIpc) is 3.54. The Bertz CT molecular complexity index is 1480. The molecule has 0 radical (unpaired) electrons. The number of carbonyl (C=O) groups is 1. The summed E-state index contributed by atoms with van der Waals surface area (Å²) >= 11 is 0. The molecule has 3 heterocycles. The number of nitrogens with one attached hydrogen (secondary N) is 1. The van der Waals surface area contributed by atoms with Crippen molar-refractivity contribution < 1.29 is 4.79 Å². The molecule has 0 saturated carbocycles. The van der Waals surface area contributed by atoms with Crippen LogP contribution in [-0.2, 0) is 24.2 Å². The fourth-order valence-electron chi connectivity index (χ4n) is 4.74. The Labute approximate surface area is 203 Å². The predicted octanol–water partition coefficient (Wildman–Crippen LogP) is 3.74. The van der Waals surface area contributed by atoms with E-state index >= 15 is 0 Å². The molecule has 35 heavy (non-hydrogen) atoms. The van der Waals surface area contributed by atoms with Gasteiger partial charge in [-0.25, -0.2) is 9.94 Å². The predicted molar refractivity (Wildman–Crippen MR) is 136 cm³/mol. The number of amides is 1. The van der Waals surface area contributed by atoms with E-state index < -0.39 is 0 Å². The van der Waals surface area contributed by atoms with E-state index in [2.05, 4.69) is 45.7 Å². The molecule has 1 N–H and O–H groups in total. The minimum Gasteiger partial charge on any atom is -0.277 e. The topological polar surface area (TPSA) is 93.6 Å². The number of hydrazone groups is 1. The highest BCUT2D eigenvalue weighted by molar-refractivity contribution is 6.16. The van der Waals surface area contributed by atoms with Crippen LogP contribution in [0.1, 0.15) is 55.5 Å². The molecule has 5 rings (SSSR count). The first-order valence-electron chi connectivity index (χ1n) is 12.1. The average molecular weight is 469 g/mol. The third-order valence-corrected chi connectivity index (χ3v) is 6.32. The van der Waals surface area contributed by atoms with Crippen LogP contribution < -0.4 is 11.0 Å². The third kappa shape index (κ3) is 4.27. The first kappa shape index (κ1) is 22.7. The molecule has 0 spiro atoms. The van der Waals surface area contributed by atoms with Crippen LogP contribution >= 0.6 is 0 Å². The fraction of sp³-hybridized carbons (Fsp3) is 0.296. The quantitative estimate of drug-likeness (QED) is 0.426. The lowest BCUT2D eigenvalue weighted by Crippen LogP contribution is -2.29. The molecule has 0 unspecified atom stereocenters. The Morgan fingerprint density at radius 3 is 2.54 bits per heavy atom. The van der Waals surface area contributed by atoms with E-state index in [-0.39, 0.29) is 17.9 Å². The summed E-state index contributed by atoms with van der Waals surface area (Å²) in [7, 11) is 0. The van der Waals surface area contributed by atoms with Gasteiger partial charge >= 0.3 is 0 Å². The van der Waals surface area contributed by atoms with Crippen LogP contribution in [0.5, 0.6) is 0 Å². The highest BCUT2D eigenvalue weighted by Crippen LogP contribution is 2.28. The van der Waals surface area contributed by atoms with Crippen molar-refractivity contribution in [2.75, 3.05) is 0 Å². The Morgan fingerprint density at radius 1 is 1.00 bits per heavy atom. The van der Waals surface area contributed by atoms with Crippen molar-refractivity contribution in [3.8, 4) is 11.1 Å². The lowest BCUT2D eigenvalue weighted by atomic mass is 9.91. The summed E-state index contributed by atoms with van der Waals surface area (Å²) < 4.78 is 3.54. The normalized spacial score (nSPS) is 13.3. The molecule has 8 nitrogen and oxygen atoms in total. The van der Waals surface area contributed by atoms with Crippen molar-refractivity contribution in [3.63, 3.8) is 0 Å². The van der Waals surface area contributed by atoms with Gasteiger partial charge in [-0.05, 0) is 35.6 Å². The summed E-state index contributed by atoms with van der Waals surface area (Å²) in [6.07, 6.45) is 4.66. The molecular weight excluding hydrogens is 440 g/mol. The van der Waals surface area contributed by atoms with Gasteiger partial charge in [-0.15, -0.1) is 0 Å². The zero-order chi connectivity index (χ0) is 24.4. The standard InChI is InChI=1S/C27H28N6O2/c1-3-8-24-22(26(35)32(13-4-2)27-28-17-29-33(24)27)15-18-11-12-20(19-9-6-5-7-10-19)21(14-18)23-16-25(34)31-30-23/h5-7,9-12,14,17H,3-4,8,13,15-16H2,1-2H3,(H,31,34). The summed E-state index contributed by atoms with van der Waals surface area (Å²) in [5.41, 5.74) is 8.85. The zero-order valence-corrected chi connectivity index (χ0v) is 20.0. The van der Waals surface area contributed by atoms with Gasteiger partial charge in [0.05, 0.1) is 17.8 Å². The number of fused-ring (bicyclic) bond motifs is 1. The van der Waals surface area contributed by atoms with Gasteiger partial charge in [0.25, 0.3) is 5.56 Å². The fourth-order valence-corrected chi connectivity index (χ4v) is 4.74. The molecular formula is C27H28N6O2. The zero-order valence-electron chi connectivity index (χ0n) is 20.0. The second kappa shape index (κ2) is 9.66. The van der Waals surface area contributed by atoms with Crippen molar-refractivity contribution in [1.29, 1.82) is 0 Å². The van der Waals surface area contributed by atoms with E-state index in [1.165, 1.54) is 6.33 Å². The molecule has 0 bridgehead atoms. The second-order valence-electron chi connectivity index (χ2n) is 8.80. The lowest BCUT2D eigenvalue weighted by Gasteiger charge is -2.16. The van der Waals surface area contributed by atoms with Gasteiger partial charge in [-0.1, -0.05) is 62.7 Å². The van der Waals surface area contributed by atoms with Crippen LogP contribution in [0.2, 0.25) is 0 Å². The van der Waals surface area contributed by atoms with Gasteiger partial charge in [0.1, 0.15) is 6.33 Å². The van der Waals surface area contributed by atoms with Gasteiger partial charge < -0.3 is 0 Å². The Hall–Kier alpha value is -4.07. The van der Waals surface area contributed by atoms with E-state index in [4.69, 9.17) is 0 Å². The molecule has 0 aliphatic carbocycles. The smallest absolute Gasteiger partial charge is 0.258 e. The SMILES string of the molecule is CCCc1c(Cc2ccc(-c3ccccc3)c(C3=NNC(=O)C3)c2)c(=O)n(CCC)c2ncnn12. The number of aryl methyl sites for hydroxylation is 2. The Kier molecular flexibility index (Phi) is 6.27. The van der Waals surface area contributed by atoms with Gasteiger partial charge in [-0.2, -0.15) is 15.2 Å². The lowest BCUT2D eigenvalue weighted by molar-refractivity contribution is -0.119. The van der Waals surface area contributed by atoms with Crippen molar-refractivity contribution in [1.82, 2.24) is 24.6 Å². The van der Waals surface area contributed by atoms with Crippen molar-refractivity contribution in [2.45, 2.75) is 52.5 Å². The molecule has 8 heteroatoms. The summed E-state index contributed by atoms with van der Waals surface area (Å²) in [6.45, 7) is 4.73. The van der Waals surface area contributed by atoms with E-state index in [0.29, 0.717) is 24.5 Å². The molecule has 0 fully saturated rings. The molecule has 0 atom stereocenters. The minimum absolute atomic E-state index is 0.0143. The first-order valence-corrected chi connectivity index (χ1v) is 12.1. The van der Waals surface area contributed by atoms with E-state index in [1.54, 1.807) is 4.57 Å². The van der Waals surface area contributed by atoms with E-state index in [0.717, 1.165) is 52.8 Å². The molecule has 1 aliphatic heterocycles. The molecule has 4 aromatic rings. The summed E-state index contributed by atoms with van der Waals surface area (Å²) in [4.78, 5) is 29.9. The molecule has 1 aliphatic rings. The highest BCUT2D eigenvalue weighted by Gasteiger charge is 2.22. The largest absolute Gasteiger partial charge is 0.277 e. The van der Waals surface area contributed by atoms with Gasteiger partial charge in [0.2, 0.25) is 11.7 Å². The number of carbonyl (C=O) groups excluding carboxylic acids is 1. The van der Waals surface area contributed by atoms with Gasteiger partial charge in [0.15, 0.2) is 0 Å². The van der Waals surface area contributed by atoms with Crippen LogP contribution in [-0.4, -0.2) is 30.8 Å². The van der Waals surface area contributed by atoms with Crippen LogP contribution in [0, 0.1) is 0 Å². The molecule has 178 valence electrons. The summed E-state index contributed by atoms with van der Waals surface area (Å²) in [5, 5.41) is 8.73. The van der Waals surface area contributed by atoms with E-state index in [1.807, 2.05) is 41.8 Å². The third-order valence-electron chi connectivity index (χ3n) is 6.32. The monoisotopic (exact) mass is 468 g/mol. The van der Waals surface area contributed by atoms with Crippen LogP contribution in [0.15, 0.2) is 64.8 Å². The first-order chi connectivity index (χ1) is 17.1. The number of aromatic nitrogens is 4. The molecule has 1 amide bonds. The second-order valence-corrected chi connectivity index (χ2v) is 8.80. The molecule has 2 aromatic heterocycles. The Morgan fingerprint density at radius 2 is 1.83 bits per heavy atom. The van der Waals surface area contributed by atoms with Crippen molar-refractivity contribution in [3.05, 3.63) is 87.6 Å². The van der Waals surface area contributed by atoms with Crippen molar-refractivity contribution in [2.24, 2.45) is 5.10 Å². The van der Waals surface area contributed by atoms with Crippen LogP contribution in [0.4, 0.5) is 0 Å². The van der Waals surface area contributed by atoms with Crippen molar-refractivity contribution >= 4 is 17.4 Å². The number of hydrogen-bond donors (Lipinski definition) is 1. The summed E-state index contributed by atoms with van der Waals surface area (Å²) in [5.74, 6) is 0.475. The molecule has 2 aromatic carbocycles. The number of hydrogen-bond acceptors (Lipinski definition) is 5. The van der Waals surface area contributed by atoms with E-state index in [9.17, 15) is 9.59 Å². The van der Waals surface area contributed by atoms with Crippen LogP contribution in [0.25, 0.3) is 16.9 Å². The number of rotatable bonds is 8. The maximum Gasteiger partial charge on any atom is 0.258 e. The van der Waals surface area contributed by atoms with Gasteiger partial charge in [-0.3, -0.25) is 14.2 Å². The Balaban J connectivity index is 1.64. The highest BCUT2D eigenvalue weighted by atomic mass is 16.2. The van der Waals surface area contributed by atoms with Crippen LogP contribution in [0.3, 0.4) is 0 Å². The maximum atomic E-state index is 13.6. The number of nitrogens with zero attached hydrogens (tertiary/aromatic N) is 5. The number of benzene rings is 2. The summed E-state index contributed by atoms with van der Waals surface area (Å²) in [6, 6.07) is 16.2.